The Kier molecular flexibility index (Phi) is 9.71. The molecule has 0 spiro atoms. The molecule has 2 aromatic rings. The van der Waals surface area contributed by atoms with Crippen LogP contribution in [0.1, 0.15) is 49.7 Å². The minimum atomic E-state index is -1.40. The largest absolute Gasteiger partial charge is 0.494 e. The Morgan fingerprint density at radius 2 is 1.97 bits per heavy atom. The first-order valence-electron chi connectivity index (χ1n) is 13.3. The van der Waals surface area contributed by atoms with Crippen LogP contribution in [0.2, 0.25) is 5.02 Å². The summed E-state index contributed by atoms with van der Waals surface area (Å²) in [4.78, 5) is 16.2. The minimum absolute atomic E-state index is 0.0451. The highest BCUT2D eigenvalue weighted by Crippen LogP contribution is 2.29. The van der Waals surface area contributed by atoms with Gasteiger partial charge in [0.2, 0.25) is 5.91 Å². The van der Waals surface area contributed by atoms with Crippen molar-refractivity contribution >= 4 is 17.5 Å². The summed E-state index contributed by atoms with van der Waals surface area (Å²) >= 11 is 6.24. The van der Waals surface area contributed by atoms with Crippen LogP contribution in [0, 0.1) is 6.92 Å². The summed E-state index contributed by atoms with van der Waals surface area (Å²) in [5, 5.41) is 22.3. The van der Waals surface area contributed by atoms with E-state index in [-0.39, 0.29) is 19.1 Å². The standard InChI is InChI=1S/C29H39ClN2O5/c1-22-10-11-25(30)26(17-22)37-21-29(35)20-31(15-12-27(29)33)19-23-7-5-8-24(18-23)36-16-6-14-32-13-4-2-3-9-28(32)34/h5,7-8,10-11,17-18,27,33,35H,2-4,6,9,12-16,19-21H2,1H3/t27-,29-/m0/s1. The van der Waals surface area contributed by atoms with Crippen LogP contribution in [0.3, 0.4) is 0 Å². The number of piperidine rings is 1. The summed E-state index contributed by atoms with van der Waals surface area (Å²) in [6.07, 6.45) is 4.26. The molecule has 0 aliphatic carbocycles. The van der Waals surface area contributed by atoms with Crippen LogP contribution in [0.15, 0.2) is 42.5 Å². The molecule has 2 aliphatic rings. The second-order valence-electron chi connectivity index (χ2n) is 10.4. The molecule has 202 valence electrons. The van der Waals surface area contributed by atoms with Gasteiger partial charge in [-0.3, -0.25) is 9.69 Å². The van der Waals surface area contributed by atoms with Crippen molar-refractivity contribution in [1.29, 1.82) is 0 Å². The topological polar surface area (TPSA) is 82.5 Å². The maximum absolute atomic E-state index is 12.2. The molecule has 7 nitrogen and oxygen atoms in total. The number of carbonyl (C=O) groups excluding carboxylic acids is 1. The maximum Gasteiger partial charge on any atom is 0.222 e. The van der Waals surface area contributed by atoms with Crippen LogP contribution in [-0.4, -0.2) is 77.0 Å². The summed E-state index contributed by atoms with van der Waals surface area (Å²) in [5.41, 5.74) is 0.681. The molecule has 0 unspecified atom stereocenters. The number of benzene rings is 2. The zero-order chi connectivity index (χ0) is 26.3. The fourth-order valence-electron chi connectivity index (χ4n) is 5.06. The Morgan fingerprint density at radius 1 is 1.11 bits per heavy atom. The van der Waals surface area contributed by atoms with E-state index in [1.165, 1.54) is 0 Å². The van der Waals surface area contributed by atoms with Crippen molar-refractivity contribution in [3.05, 3.63) is 58.6 Å². The van der Waals surface area contributed by atoms with E-state index in [2.05, 4.69) is 4.90 Å². The monoisotopic (exact) mass is 530 g/mol. The Hall–Kier alpha value is -2.32. The second kappa shape index (κ2) is 13.0. The first-order chi connectivity index (χ1) is 17.8. The Balaban J connectivity index is 1.27. The van der Waals surface area contributed by atoms with Crippen LogP contribution in [-0.2, 0) is 11.3 Å². The van der Waals surface area contributed by atoms with Crippen molar-refractivity contribution in [2.75, 3.05) is 39.4 Å². The highest BCUT2D eigenvalue weighted by molar-refractivity contribution is 6.32. The van der Waals surface area contributed by atoms with Crippen LogP contribution in [0.25, 0.3) is 0 Å². The predicted molar refractivity (Wildman–Crippen MR) is 144 cm³/mol. The lowest BCUT2D eigenvalue weighted by atomic mass is 9.90. The summed E-state index contributed by atoms with van der Waals surface area (Å²) in [5.74, 6) is 1.56. The van der Waals surface area contributed by atoms with Crippen molar-refractivity contribution in [3.63, 3.8) is 0 Å². The minimum Gasteiger partial charge on any atom is -0.494 e. The molecule has 0 saturated carbocycles. The molecule has 2 aliphatic heterocycles. The molecule has 2 saturated heterocycles. The second-order valence-corrected chi connectivity index (χ2v) is 10.8. The van der Waals surface area contributed by atoms with Crippen molar-refractivity contribution in [1.82, 2.24) is 9.80 Å². The molecule has 1 amide bonds. The van der Waals surface area contributed by atoms with Crippen LogP contribution >= 0.6 is 11.6 Å². The Morgan fingerprint density at radius 3 is 2.84 bits per heavy atom. The molecule has 2 N–H and O–H groups in total. The average Bonchev–Trinajstić information content (AvgIpc) is 3.09. The lowest BCUT2D eigenvalue weighted by Gasteiger charge is -2.42. The van der Waals surface area contributed by atoms with E-state index < -0.39 is 11.7 Å². The van der Waals surface area contributed by atoms with Gasteiger partial charge in [0.1, 0.15) is 23.7 Å². The van der Waals surface area contributed by atoms with Crippen LogP contribution in [0.5, 0.6) is 11.5 Å². The first kappa shape index (κ1) is 27.7. The predicted octanol–water partition coefficient (Wildman–Crippen LogP) is 4.20. The maximum atomic E-state index is 12.2. The molecule has 2 fully saturated rings. The van der Waals surface area contributed by atoms with E-state index in [1.807, 2.05) is 48.2 Å². The normalized spacial score (nSPS) is 23.1. The molecule has 0 radical (unpaired) electrons. The third kappa shape index (κ3) is 7.84. The summed E-state index contributed by atoms with van der Waals surface area (Å²) in [7, 11) is 0. The molecule has 37 heavy (non-hydrogen) atoms. The number of likely N-dealkylation sites (tertiary alicyclic amines) is 2. The first-order valence-corrected chi connectivity index (χ1v) is 13.7. The lowest BCUT2D eigenvalue weighted by Crippen LogP contribution is -2.59. The number of carbonyl (C=O) groups is 1. The number of β-amino-alcohol motifs (C(OH)–C–C–N with tert-alkyl or cyclic N) is 1. The molecule has 4 rings (SSSR count). The molecule has 2 aromatic carbocycles. The van der Waals surface area contributed by atoms with Crippen molar-refractivity contribution in [2.24, 2.45) is 0 Å². The molecule has 2 heterocycles. The van der Waals surface area contributed by atoms with Crippen LogP contribution < -0.4 is 9.47 Å². The smallest absolute Gasteiger partial charge is 0.222 e. The van der Waals surface area contributed by atoms with E-state index in [4.69, 9.17) is 21.1 Å². The van der Waals surface area contributed by atoms with Gasteiger partial charge in [-0.15, -0.1) is 0 Å². The van der Waals surface area contributed by atoms with Gasteiger partial charge in [-0.2, -0.15) is 0 Å². The third-order valence-electron chi connectivity index (χ3n) is 7.22. The fraction of sp³-hybridized carbons (Fsp3) is 0.552. The summed E-state index contributed by atoms with van der Waals surface area (Å²) in [6, 6.07) is 13.5. The number of halogens is 1. The van der Waals surface area contributed by atoms with Crippen molar-refractivity contribution < 1.29 is 24.5 Å². The van der Waals surface area contributed by atoms with Gasteiger partial charge in [-0.1, -0.05) is 36.2 Å². The zero-order valence-electron chi connectivity index (χ0n) is 21.7. The molecule has 0 bridgehead atoms. The average molecular weight is 531 g/mol. The number of hydrogen-bond donors (Lipinski definition) is 2. The number of ether oxygens (including phenoxy) is 2. The number of nitrogens with zero attached hydrogens (tertiary/aromatic N) is 2. The molecule has 0 aromatic heterocycles. The van der Waals surface area contributed by atoms with E-state index in [1.54, 1.807) is 6.07 Å². The van der Waals surface area contributed by atoms with Gasteiger partial charge < -0.3 is 24.6 Å². The van der Waals surface area contributed by atoms with Gasteiger partial charge >= 0.3 is 0 Å². The van der Waals surface area contributed by atoms with Gasteiger partial charge in [0.05, 0.1) is 17.7 Å². The zero-order valence-corrected chi connectivity index (χ0v) is 22.5. The van der Waals surface area contributed by atoms with Gasteiger partial charge in [0.25, 0.3) is 0 Å². The van der Waals surface area contributed by atoms with Crippen molar-refractivity contribution in [3.8, 4) is 11.5 Å². The van der Waals surface area contributed by atoms with E-state index >= 15 is 0 Å². The highest BCUT2D eigenvalue weighted by Gasteiger charge is 2.42. The molecular formula is C29H39ClN2O5. The number of rotatable bonds is 10. The van der Waals surface area contributed by atoms with Crippen molar-refractivity contribution in [2.45, 2.75) is 63.7 Å². The van der Waals surface area contributed by atoms with Crippen LogP contribution in [0.4, 0.5) is 0 Å². The van der Waals surface area contributed by atoms with E-state index in [0.717, 1.165) is 55.6 Å². The number of aliphatic hydroxyl groups is 2. The Labute approximate surface area is 224 Å². The number of aryl methyl sites for hydroxylation is 1. The molecule has 8 heteroatoms. The summed E-state index contributed by atoms with van der Waals surface area (Å²) < 4.78 is 11.8. The van der Waals surface area contributed by atoms with Gasteiger partial charge in [-0.05, 0) is 68.0 Å². The lowest BCUT2D eigenvalue weighted by molar-refractivity contribution is -0.140. The van der Waals surface area contributed by atoms with E-state index in [0.29, 0.717) is 43.3 Å². The number of hydrogen-bond acceptors (Lipinski definition) is 6. The quantitative estimate of drug-likeness (QED) is 0.448. The number of amides is 1. The SMILES string of the molecule is Cc1ccc(Cl)c(OC[C@@]2(O)CN(Cc3cccc(OCCCN4CCCCCC4=O)c3)CC[C@@H]2O)c1. The third-order valence-corrected chi connectivity index (χ3v) is 7.53. The van der Waals surface area contributed by atoms with Gasteiger partial charge in [-0.25, -0.2) is 0 Å². The Bertz CT molecular complexity index is 1050. The highest BCUT2D eigenvalue weighted by atomic mass is 35.5. The van der Waals surface area contributed by atoms with Gasteiger partial charge in [0.15, 0.2) is 0 Å². The fourth-order valence-corrected chi connectivity index (χ4v) is 5.23. The molecular weight excluding hydrogens is 492 g/mol. The summed E-state index contributed by atoms with van der Waals surface area (Å²) in [6.45, 7) is 5.63. The van der Waals surface area contributed by atoms with E-state index in [9.17, 15) is 15.0 Å². The molecule has 2 atom stereocenters. The van der Waals surface area contributed by atoms with Gasteiger partial charge in [0, 0.05) is 39.1 Å². The number of aliphatic hydroxyl groups excluding tert-OH is 1.